The average Bonchev–Trinajstić information content (AvgIpc) is 2.94. The minimum absolute atomic E-state index is 0.172. The fourth-order valence-corrected chi connectivity index (χ4v) is 2.44. The van der Waals surface area contributed by atoms with Gasteiger partial charge in [0, 0.05) is 28.3 Å². The van der Waals surface area contributed by atoms with Crippen molar-refractivity contribution in [1.82, 2.24) is 20.2 Å². The quantitative estimate of drug-likeness (QED) is 0.782. The first-order valence-electron chi connectivity index (χ1n) is 6.53. The summed E-state index contributed by atoms with van der Waals surface area (Å²) in [6.07, 6.45) is 0. The maximum atomic E-state index is 12.3. The number of nitrogens with zero attached hydrogens (tertiary/aromatic N) is 4. The van der Waals surface area contributed by atoms with Crippen molar-refractivity contribution in [2.45, 2.75) is 0 Å². The van der Waals surface area contributed by atoms with Crippen molar-refractivity contribution in [3.63, 3.8) is 0 Å². The fourth-order valence-electron chi connectivity index (χ4n) is 2.04. The van der Waals surface area contributed by atoms with Crippen LogP contribution in [0.15, 0.2) is 53.0 Å². The summed E-state index contributed by atoms with van der Waals surface area (Å²) in [7, 11) is 1.77. The number of carbonyl (C=O) groups is 1. The van der Waals surface area contributed by atoms with Crippen LogP contribution in [0.2, 0.25) is 0 Å². The minimum atomic E-state index is -0.172. The Hall–Kier alpha value is -2.54. The number of hydrogen-bond donors (Lipinski definition) is 1. The molecule has 0 aliphatic rings. The molecule has 0 radical (unpaired) electrons. The number of amides is 1. The van der Waals surface area contributed by atoms with Crippen LogP contribution in [-0.2, 0) is 7.05 Å². The lowest BCUT2D eigenvalue weighted by Gasteiger charge is -2.07. The normalized spacial score (nSPS) is 10.5. The third-order valence-electron chi connectivity index (χ3n) is 3.09. The van der Waals surface area contributed by atoms with Gasteiger partial charge in [0.1, 0.15) is 0 Å². The number of nitrogens with one attached hydrogen (secondary N) is 1. The van der Waals surface area contributed by atoms with Gasteiger partial charge in [0.05, 0.1) is 0 Å². The van der Waals surface area contributed by atoms with Crippen molar-refractivity contribution in [2.75, 3.05) is 5.32 Å². The van der Waals surface area contributed by atoms with Gasteiger partial charge in [0.15, 0.2) is 5.82 Å². The lowest BCUT2D eigenvalue weighted by atomic mass is 10.1. The van der Waals surface area contributed by atoms with Crippen LogP contribution in [0.25, 0.3) is 11.4 Å². The molecular weight excluding hydrogens is 346 g/mol. The zero-order valence-corrected chi connectivity index (χ0v) is 13.3. The van der Waals surface area contributed by atoms with Crippen LogP contribution >= 0.6 is 15.9 Å². The maximum absolute atomic E-state index is 12.3. The molecule has 1 aromatic heterocycles. The Morgan fingerprint density at radius 1 is 1.18 bits per heavy atom. The number of benzene rings is 2. The Labute approximate surface area is 135 Å². The van der Waals surface area contributed by atoms with E-state index in [1.807, 2.05) is 36.4 Å². The van der Waals surface area contributed by atoms with Gasteiger partial charge < -0.3 is 5.32 Å². The summed E-state index contributed by atoms with van der Waals surface area (Å²) in [6.45, 7) is 0. The van der Waals surface area contributed by atoms with Crippen LogP contribution in [0.5, 0.6) is 0 Å². The second kappa shape index (κ2) is 6.07. The highest BCUT2D eigenvalue weighted by Crippen LogP contribution is 2.20. The monoisotopic (exact) mass is 357 g/mol. The molecule has 1 heterocycles. The molecule has 0 fully saturated rings. The second-order valence-electron chi connectivity index (χ2n) is 4.67. The number of rotatable bonds is 3. The van der Waals surface area contributed by atoms with Gasteiger partial charge in [-0.2, -0.15) is 0 Å². The van der Waals surface area contributed by atoms with E-state index in [-0.39, 0.29) is 5.91 Å². The molecule has 0 bridgehead atoms. The molecule has 0 aliphatic carbocycles. The van der Waals surface area contributed by atoms with Crippen LogP contribution in [0.3, 0.4) is 0 Å². The van der Waals surface area contributed by atoms with Gasteiger partial charge >= 0.3 is 0 Å². The summed E-state index contributed by atoms with van der Waals surface area (Å²) < 4.78 is 2.44. The van der Waals surface area contributed by atoms with E-state index in [1.54, 1.807) is 23.9 Å². The molecule has 1 N–H and O–H groups in total. The van der Waals surface area contributed by atoms with E-state index in [2.05, 4.69) is 36.8 Å². The number of carbonyl (C=O) groups excluding carboxylic acids is 1. The standard InChI is InChI=1S/C15H12BrN5O/c1-21-14(18-19-20-21)10-4-3-7-13(9-10)17-15(22)11-5-2-6-12(16)8-11/h2-9H,1H3,(H,17,22). The van der Waals surface area contributed by atoms with E-state index in [4.69, 9.17) is 0 Å². The second-order valence-corrected chi connectivity index (χ2v) is 5.59. The Morgan fingerprint density at radius 2 is 2.00 bits per heavy atom. The maximum Gasteiger partial charge on any atom is 0.255 e. The summed E-state index contributed by atoms with van der Waals surface area (Å²) in [5.41, 5.74) is 2.10. The number of halogens is 1. The van der Waals surface area contributed by atoms with Crippen LogP contribution in [-0.4, -0.2) is 26.1 Å². The van der Waals surface area contributed by atoms with Crippen LogP contribution < -0.4 is 5.32 Å². The molecule has 0 aliphatic heterocycles. The Bertz CT molecular complexity index is 830. The number of aryl methyl sites for hydroxylation is 1. The summed E-state index contributed by atoms with van der Waals surface area (Å²) >= 11 is 3.36. The molecule has 0 unspecified atom stereocenters. The summed E-state index contributed by atoms with van der Waals surface area (Å²) in [6, 6.07) is 14.6. The molecule has 3 rings (SSSR count). The number of anilines is 1. The molecule has 3 aromatic rings. The minimum Gasteiger partial charge on any atom is -0.322 e. The molecule has 6 nitrogen and oxygen atoms in total. The smallest absolute Gasteiger partial charge is 0.255 e. The van der Waals surface area contributed by atoms with Gasteiger partial charge in [-0.3, -0.25) is 4.79 Å². The van der Waals surface area contributed by atoms with Crippen molar-refractivity contribution in [1.29, 1.82) is 0 Å². The van der Waals surface area contributed by atoms with E-state index >= 15 is 0 Å². The lowest BCUT2D eigenvalue weighted by Crippen LogP contribution is -2.11. The average molecular weight is 358 g/mol. The summed E-state index contributed by atoms with van der Waals surface area (Å²) in [4.78, 5) is 12.3. The molecule has 7 heteroatoms. The van der Waals surface area contributed by atoms with Crippen LogP contribution in [0.4, 0.5) is 5.69 Å². The highest BCUT2D eigenvalue weighted by atomic mass is 79.9. The predicted octanol–water partition coefficient (Wildman–Crippen LogP) is 2.89. The number of hydrogen-bond acceptors (Lipinski definition) is 4. The first-order valence-corrected chi connectivity index (χ1v) is 7.32. The Balaban J connectivity index is 1.84. The fraction of sp³-hybridized carbons (Fsp3) is 0.0667. The molecule has 110 valence electrons. The van der Waals surface area contributed by atoms with E-state index in [0.29, 0.717) is 17.1 Å². The number of aromatic nitrogens is 4. The SMILES string of the molecule is Cn1nnnc1-c1cccc(NC(=O)c2cccc(Br)c2)c1. The summed E-state index contributed by atoms with van der Waals surface area (Å²) in [5.74, 6) is 0.466. The van der Waals surface area contributed by atoms with Crippen molar-refractivity contribution in [3.05, 3.63) is 58.6 Å². The molecule has 0 atom stereocenters. The summed E-state index contributed by atoms with van der Waals surface area (Å²) in [5, 5.41) is 14.2. The molecule has 22 heavy (non-hydrogen) atoms. The Kier molecular flexibility index (Phi) is 3.97. The van der Waals surface area contributed by atoms with Crippen LogP contribution in [0, 0.1) is 0 Å². The van der Waals surface area contributed by atoms with Gasteiger partial charge in [-0.15, -0.1) is 5.10 Å². The highest BCUT2D eigenvalue weighted by Gasteiger charge is 2.09. The van der Waals surface area contributed by atoms with Crippen molar-refractivity contribution < 1.29 is 4.79 Å². The zero-order chi connectivity index (χ0) is 15.5. The first kappa shape index (κ1) is 14.4. The van der Waals surface area contributed by atoms with Gasteiger partial charge in [-0.25, -0.2) is 4.68 Å². The van der Waals surface area contributed by atoms with Gasteiger partial charge in [-0.05, 0) is 40.8 Å². The van der Waals surface area contributed by atoms with E-state index in [0.717, 1.165) is 10.0 Å². The van der Waals surface area contributed by atoms with Gasteiger partial charge in [0.2, 0.25) is 0 Å². The highest BCUT2D eigenvalue weighted by molar-refractivity contribution is 9.10. The third kappa shape index (κ3) is 3.04. The molecule has 0 spiro atoms. The molecule has 1 amide bonds. The van der Waals surface area contributed by atoms with Crippen molar-refractivity contribution in [2.24, 2.45) is 7.05 Å². The topological polar surface area (TPSA) is 72.7 Å². The largest absolute Gasteiger partial charge is 0.322 e. The van der Waals surface area contributed by atoms with Gasteiger partial charge in [0.25, 0.3) is 5.91 Å². The molecule has 2 aromatic carbocycles. The predicted molar refractivity (Wildman–Crippen MR) is 86.3 cm³/mol. The van der Waals surface area contributed by atoms with E-state index in [9.17, 15) is 4.79 Å². The lowest BCUT2D eigenvalue weighted by molar-refractivity contribution is 0.102. The van der Waals surface area contributed by atoms with E-state index in [1.165, 1.54) is 0 Å². The molecule has 0 saturated heterocycles. The van der Waals surface area contributed by atoms with Crippen molar-refractivity contribution in [3.8, 4) is 11.4 Å². The first-order chi connectivity index (χ1) is 10.6. The van der Waals surface area contributed by atoms with Crippen LogP contribution in [0.1, 0.15) is 10.4 Å². The molecular formula is C15H12BrN5O. The Morgan fingerprint density at radius 3 is 2.73 bits per heavy atom. The number of tetrazole rings is 1. The van der Waals surface area contributed by atoms with Gasteiger partial charge in [-0.1, -0.05) is 34.1 Å². The van der Waals surface area contributed by atoms with Crippen molar-refractivity contribution >= 4 is 27.5 Å². The zero-order valence-electron chi connectivity index (χ0n) is 11.7. The van der Waals surface area contributed by atoms with E-state index < -0.39 is 0 Å². The molecule has 0 saturated carbocycles. The third-order valence-corrected chi connectivity index (χ3v) is 3.58.